The highest BCUT2D eigenvalue weighted by Gasteiger charge is 2.43. The number of ether oxygens (including phenoxy) is 1. The highest BCUT2D eigenvalue weighted by Crippen LogP contribution is 2.37. The molecule has 1 heterocycles. The molecular formula is C24H29ClN2O3. The minimum atomic E-state index is -0.625. The van der Waals surface area contributed by atoms with Crippen LogP contribution in [0.15, 0.2) is 42.5 Å². The number of benzene rings is 2. The van der Waals surface area contributed by atoms with Gasteiger partial charge in [-0.3, -0.25) is 4.79 Å². The van der Waals surface area contributed by atoms with Crippen molar-refractivity contribution in [2.45, 2.75) is 40.0 Å². The molecule has 0 aromatic heterocycles. The van der Waals surface area contributed by atoms with Gasteiger partial charge in [-0.25, -0.2) is 4.79 Å². The van der Waals surface area contributed by atoms with Crippen molar-refractivity contribution in [1.82, 2.24) is 4.90 Å². The predicted octanol–water partition coefficient (Wildman–Crippen LogP) is 5.38. The zero-order valence-corrected chi connectivity index (χ0v) is 18.6. The quantitative estimate of drug-likeness (QED) is 0.650. The van der Waals surface area contributed by atoms with Crippen LogP contribution in [0.1, 0.15) is 36.5 Å². The SMILES string of the molecule is CCOC(=O)C1(Cc2ccc(Cl)cc2)CCN(C(=O)Nc2cccc(C)c2C)CC1. The topological polar surface area (TPSA) is 58.6 Å². The molecule has 2 aromatic carbocycles. The number of hydrogen-bond acceptors (Lipinski definition) is 3. The van der Waals surface area contributed by atoms with Crippen LogP contribution in [0.3, 0.4) is 0 Å². The number of carbonyl (C=O) groups excluding carboxylic acids is 2. The Hall–Kier alpha value is -2.53. The molecule has 160 valence electrons. The molecule has 0 radical (unpaired) electrons. The van der Waals surface area contributed by atoms with Crippen LogP contribution >= 0.6 is 11.6 Å². The molecule has 0 bridgehead atoms. The van der Waals surface area contributed by atoms with Gasteiger partial charge in [-0.2, -0.15) is 0 Å². The van der Waals surface area contributed by atoms with Crippen LogP contribution in [0.2, 0.25) is 5.02 Å². The van der Waals surface area contributed by atoms with Gasteiger partial charge < -0.3 is 15.0 Å². The molecule has 0 unspecified atom stereocenters. The van der Waals surface area contributed by atoms with Crippen LogP contribution in [0.5, 0.6) is 0 Å². The van der Waals surface area contributed by atoms with E-state index in [4.69, 9.17) is 16.3 Å². The lowest BCUT2D eigenvalue weighted by Gasteiger charge is -2.40. The van der Waals surface area contributed by atoms with Crippen molar-refractivity contribution in [3.8, 4) is 0 Å². The summed E-state index contributed by atoms with van der Waals surface area (Å²) in [4.78, 5) is 27.5. The molecule has 30 heavy (non-hydrogen) atoms. The monoisotopic (exact) mass is 428 g/mol. The third-order valence-corrected chi connectivity index (χ3v) is 6.27. The molecule has 1 fully saturated rings. The lowest BCUT2D eigenvalue weighted by atomic mass is 9.73. The molecule has 0 saturated carbocycles. The van der Waals surface area contributed by atoms with E-state index in [1.54, 1.807) is 4.90 Å². The zero-order chi connectivity index (χ0) is 21.7. The summed E-state index contributed by atoms with van der Waals surface area (Å²) < 4.78 is 5.42. The standard InChI is InChI=1S/C24H29ClN2O3/c1-4-30-22(28)24(16-19-8-10-20(25)11-9-19)12-14-27(15-13-24)23(29)26-21-7-5-6-17(2)18(21)3/h5-11H,4,12-16H2,1-3H3,(H,26,29). The van der Waals surface area contributed by atoms with Gasteiger partial charge in [-0.05, 0) is 74.9 Å². The molecule has 0 aliphatic carbocycles. The molecule has 1 aliphatic rings. The number of amides is 2. The third kappa shape index (κ3) is 4.96. The third-order valence-electron chi connectivity index (χ3n) is 6.02. The summed E-state index contributed by atoms with van der Waals surface area (Å²) in [6.45, 7) is 7.19. The molecule has 5 nitrogen and oxygen atoms in total. The summed E-state index contributed by atoms with van der Waals surface area (Å²) in [6.07, 6.45) is 1.71. The molecule has 0 spiro atoms. The number of urea groups is 1. The van der Waals surface area contributed by atoms with Crippen LogP contribution in [0.4, 0.5) is 10.5 Å². The maximum Gasteiger partial charge on any atom is 0.321 e. The van der Waals surface area contributed by atoms with Crippen molar-refractivity contribution in [2.75, 3.05) is 25.0 Å². The van der Waals surface area contributed by atoms with E-state index in [2.05, 4.69) is 5.32 Å². The number of carbonyl (C=O) groups is 2. The second-order valence-electron chi connectivity index (χ2n) is 7.97. The number of aryl methyl sites for hydroxylation is 1. The number of halogens is 1. The molecular weight excluding hydrogens is 400 g/mol. The summed E-state index contributed by atoms with van der Waals surface area (Å²) in [5.41, 5.74) is 3.44. The summed E-state index contributed by atoms with van der Waals surface area (Å²) in [5.74, 6) is -0.186. The van der Waals surface area contributed by atoms with E-state index < -0.39 is 5.41 Å². The Balaban J connectivity index is 1.70. The summed E-state index contributed by atoms with van der Waals surface area (Å²) in [6, 6.07) is 13.3. The van der Waals surface area contributed by atoms with Crippen LogP contribution in [0, 0.1) is 19.3 Å². The van der Waals surface area contributed by atoms with Crippen molar-refractivity contribution < 1.29 is 14.3 Å². The molecule has 6 heteroatoms. The van der Waals surface area contributed by atoms with Gasteiger partial charge in [0.15, 0.2) is 0 Å². The number of hydrogen-bond donors (Lipinski definition) is 1. The van der Waals surface area contributed by atoms with Gasteiger partial charge in [-0.15, -0.1) is 0 Å². The fourth-order valence-corrected chi connectivity index (χ4v) is 4.07. The first kappa shape index (κ1) is 22.2. The van der Waals surface area contributed by atoms with Crippen LogP contribution in [0.25, 0.3) is 0 Å². The lowest BCUT2D eigenvalue weighted by Crippen LogP contribution is -2.49. The van der Waals surface area contributed by atoms with Gasteiger partial charge in [0.2, 0.25) is 0 Å². The molecule has 0 atom stereocenters. The Morgan fingerprint density at radius 1 is 1.10 bits per heavy atom. The lowest BCUT2D eigenvalue weighted by molar-refractivity contribution is -0.158. The van der Waals surface area contributed by atoms with Gasteiger partial charge in [0.1, 0.15) is 0 Å². The minimum Gasteiger partial charge on any atom is -0.466 e. The normalized spacial score (nSPS) is 15.5. The molecule has 1 saturated heterocycles. The number of nitrogens with one attached hydrogen (secondary N) is 1. The molecule has 3 rings (SSSR count). The second-order valence-corrected chi connectivity index (χ2v) is 8.41. The van der Waals surface area contributed by atoms with E-state index in [-0.39, 0.29) is 12.0 Å². The van der Waals surface area contributed by atoms with Crippen molar-refractivity contribution in [2.24, 2.45) is 5.41 Å². The summed E-state index contributed by atoms with van der Waals surface area (Å²) in [7, 11) is 0. The van der Waals surface area contributed by atoms with Crippen molar-refractivity contribution in [1.29, 1.82) is 0 Å². The van der Waals surface area contributed by atoms with Crippen molar-refractivity contribution >= 4 is 29.3 Å². The minimum absolute atomic E-state index is 0.132. The average molecular weight is 429 g/mol. The summed E-state index contributed by atoms with van der Waals surface area (Å²) in [5, 5.41) is 3.68. The van der Waals surface area contributed by atoms with E-state index in [1.807, 2.05) is 63.2 Å². The van der Waals surface area contributed by atoms with E-state index in [0.717, 1.165) is 22.4 Å². The Morgan fingerprint density at radius 2 is 1.77 bits per heavy atom. The van der Waals surface area contributed by atoms with E-state index in [0.29, 0.717) is 44.0 Å². The van der Waals surface area contributed by atoms with E-state index in [1.165, 1.54) is 0 Å². The Kier molecular flexibility index (Phi) is 7.03. The first-order valence-corrected chi connectivity index (χ1v) is 10.8. The number of piperidine rings is 1. The first-order chi connectivity index (χ1) is 14.3. The Bertz CT molecular complexity index is 903. The number of anilines is 1. The fourth-order valence-electron chi connectivity index (χ4n) is 3.95. The smallest absolute Gasteiger partial charge is 0.321 e. The van der Waals surface area contributed by atoms with Crippen LogP contribution in [-0.4, -0.2) is 36.6 Å². The van der Waals surface area contributed by atoms with Gasteiger partial charge in [0, 0.05) is 23.8 Å². The van der Waals surface area contributed by atoms with Gasteiger partial charge in [-0.1, -0.05) is 35.9 Å². The van der Waals surface area contributed by atoms with Crippen molar-refractivity contribution in [3.05, 3.63) is 64.2 Å². The number of likely N-dealkylation sites (tertiary alicyclic amines) is 1. The highest BCUT2D eigenvalue weighted by atomic mass is 35.5. The van der Waals surface area contributed by atoms with Crippen LogP contribution < -0.4 is 5.32 Å². The van der Waals surface area contributed by atoms with Crippen LogP contribution in [-0.2, 0) is 16.0 Å². The van der Waals surface area contributed by atoms with E-state index in [9.17, 15) is 9.59 Å². The largest absolute Gasteiger partial charge is 0.466 e. The summed E-state index contributed by atoms with van der Waals surface area (Å²) >= 11 is 6.00. The second kappa shape index (κ2) is 9.52. The van der Waals surface area contributed by atoms with Gasteiger partial charge >= 0.3 is 12.0 Å². The van der Waals surface area contributed by atoms with E-state index >= 15 is 0 Å². The zero-order valence-electron chi connectivity index (χ0n) is 17.8. The molecule has 2 amide bonds. The fraction of sp³-hybridized carbons (Fsp3) is 0.417. The molecule has 1 aliphatic heterocycles. The number of rotatable bonds is 5. The Labute approximate surface area is 183 Å². The van der Waals surface area contributed by atoms with Gasteiger partial charge in [0.25, 0.3) is 0 Å². The van der Waals surface area contributed by atoms with Gasteiger partial charge in [0.05, 0.1) is 12.0 Å². The predicted molar refractivity (Wildman–Crippen MR) is 120 cm³/mol. The van der Waals surface area contributed by atoms with Crippen molar-refractivity contribution in [3.63, 3.8) is 0 Å². The maximum atomic E-state index is 12.9. The molecule has 1 N–H and O–H groups in total. The number of nitrogens with zero attached hydrogens (tertiary/aromatic N) is 1. The maximum absolute atomic E-state index is 12.9. The Morgan fingerprint density at radius 3 is 2.40 bits per heavy atom. The molecule has 2 aromatic rings. The average Bonchev–Trinajstić information content (AvgIpc) is 2.73. The first-order valence-electron chi connectivity index (χ1n) is 10.4. The highest BCUT2D eigenvalue weighted by molar-refractivity contribution is 6.30. The number of esters is 1.